The minimum absolute atomic E-state index is 0. The second-order valence-corrected chi connectivity index (χ2v) is 1.43. The van der Waals surface area contributed by atoms with E-state index < -0.39 is 0 Å². The van der Waals surface area contributed by atoms with E-state index in [1.165, 1.54) is 0 Å². The SMILES string of the molecule is C=CC.Cl.c1ccncc1. The highest BCUT2D eigenvalue weighted by molar-refractivity contribution is 5.85. The molecule has 0 saturated heterocycles. The summed E-state index contributed by atoms with van der Waals surface area (Å²) in [7, 11) is 0. The molecule has 0 radical (unpaired) electrons. The molecule has 0 saturated carbocycles. The fourth-order valence-electron chi connectivity index (χ4n) is 0.313. The molecule has 1 aromatic rings. The number of halogens is 1. The van der Waals surface area contributed by atoms with Gasteiger partial charge in [-0.15, -0.1) is 19.0 Å². The second kappa shape index (κ2) is 11.0. The third-order valence-electron chi connectivity index (χ3n) is 0.566. The molecule has 1 aromatic heterocycles. The Morgan fingerprint density at radius 3 is 1.70 bits per heavy atom. The van der Waals surface area contributed by atoms with Crippen LogP contribution in [0.1, 0.15) is 6.92 Å². The molecule has 0 atom stereocenters. The summed E-state index contributed by atoms with van der Waals surface area (Å²) < 4.78 is 0. The average molecular weight is 158 g/mol. The highest BCUT2D eigenvalue weighted by Gasteiger charge is 1.58. The molecule has 1 nitrogen and oxygen atoms in total. The van der Waals surface area contributed by atoms with Crippen LogP contribution < -0.4 is 0 Å². The van der Waals surface area contributed by atoms with Gasteiger partial charge in [0.05, 0.1) is 0 Å². The van der Waals surface area contributed by atoms with Gasteiger partial charge in [0.2, 0.25) is 0 Å². The Morgan fingerprint density at radius 2 is 1.60 bits per heavy atom. The van der Waals surface area contributed by atoms with Gasteiger partial charge >= 0.3 is 0 Å². The third kappa shape index (κ3) is 10.2. The number of allylic oxidation sites excluding steroid dienone is 1. The summed E-state index contributed by atoms with van der Waals surface area (Å²) in [5, 5.41) is 0. The molecule has 0 aliphatic heterocycles. The van der Waals surface area contributed by atoms with Gasteiger partial charge in [0, 0.05) is 12.4 Å². The molecule has 0 aromatic carbocycles. The van der Waals surface area contributed by atoms with Gasteiger partial charge < -0.3 is 0 Å². The van der Waals surface area contributed by atoms with Crippen LogP contribution in [0.3, 0.4) is 0 Å². The number of rotatable bonds is 0. The molecule has 2 heteroatoms. The Kier molecular flexibility index (Phi) is 13.2. The monoisotopic (exact) mass is 157 g/mol. The van der Waals surface area contributed by atoms with Gasteiger partial charge in [0.25, 0.3) is 0 Å². The molecular weight excluding hydrogens is 146 g/mol. The molecular formula is C8H12ClN. The lowest BCUT2D eigenvalue weighted by molar-refractivity contribution is 1.33. The van der Waals surface area contributed by atoms with Gasteiger partial charge in [-0.05, 0) is 19.1 Å². The summed E-state index contributed by atoms with van der Waals surface area (Å²) in [6.45, 7) is 5.25. The molecule has 0 aliphatic rings. The number of nitrogens with zero attached hydrogens (tertiary/aromatic N) is 1. The van der Waals surface area contributed by atoms with Crippen LogP contribution in [0.15, 0.2) is 43.2 Å². The van der Waals surface area contributed by atoms with Gasteiger partial charge in [0.1, 0.15) is 0 Å². The number of hydrogen-bond donors (Lipinski definition) is 0. The van der Waals surface area contributed by atoms with Gasteiger partial charge in [-0.1, -0.05) is 12.1 Å². The van der Waals surface area contributed by atoms with E-state index in [1.54, 1.807) is 18.5 Å². The minimum atomic E-state index is 0. The zero-order chi connectivity index (χ0) is 6.95. The zero-order valence-electron chi connectivity index (χ0n) is 6.03. The van der Waals surface area contributed by atoms with Crippen molar-refractivity contribution in [3.63, 3.8) is 0 Å². The predicted molar refractivity (Wildman–Crippen MR) is 47.4 cm³/mol. The molecule has 0 unspecified atom stereocenters. The summed E-state index contributed by atoms with van der Waals surface area (Å²) >= 11 is 0. The van der Waals surface area contributed by atoms with E-state index in [9.17, 15) is 0 Å². The number of hydrogen-bond acceptors (Lipinski definition) is 1. The van der Waals surface area contributed by atoms with E-state index in [2.05, 4.69) is 11.6 Å². The first kappa shape index (κ1) is 11.9. The summed E-state index contributed by atoms with van der Waals surface area (Å²) in [5.41, 5.74) is 0. The van der Waals surface area contributed by atoms with E-state index in [1.807, 2.05) is 25.1 Å². The van der Waals surface area contributed by atoms with E-state index in [0.29, 0.717) is 0 Å². The van der Waals surface area contributed by atoms with Gasteiger partial charge in [-0.2, -0.15) is 0 Å². The lowest BCUT2D eigenvalue weighted by Crippen LogP contribution is -1.58. The Morgan fingerprint density at radius 1 is 1.20 bits per heavy atom. The maximum absolute atomic E-state index is 3.78. The third-order valence-corrected chi connectivity index (χ3v) is 0.566. The van der Waals surface area contributed by atoms with E-state index in [4.69, 9.17) is 0 Å². The normalized spacial score (nSPS) is 6.10. The van der Waals surface area contributed by atoms with Crippen molar-refractivity contribution in [3.8, 4) is 0 Å². The Labute approximate surface area is 68.2 Å². The van der Waals surface area contributed by atoms with Crippen LogP contribution in [0.4, 0.5) is 0 Å². The van der Waals surface area contributed by atoms with Crippen molar-refractivity contribution < 1.29 is 0 Å². The van der Waals surface area contributed by atoms with Crippen LogP contribution in [-0.2, 0) is 0 Å². The number of pyridine rings is 1. The first-order valence-corrected chi connectivity index (χ1v) is 2.84. The van der Waals surface area contributed by atoms with Crippen molar-refractivity contribution in [2.24, 2.45) is 0 Å². The van der Waals surface area contributed by atoms with Gasteiger partial charge in [0.15, 0.2) is 0 Å². The van der Waals surface area contributed by atoms with Crippen molar-refractivity contribution in [3.05, 3.63) is 43.2 Å². The Balaban J connectivity index is 0. The molecule has 0 aliphatic carbocycles. The van der Waals surface area contributed by atoms with Crippen LogP contribution >= 0.6 is 12.4 Å². The quantitative estimate of drug-likeness (QED) is 0.528. The molecule has 0 bridgehead atoms. The van der Waals surface area contributed by atoms with Crippen LogP contribution in [0, 0.1) is 0 Å². The molecule has 10 heavy (non-hydrogen) atoms. The Hall–Kier alpha value is -0.820. The Bertz CT molecular complexity index is 112. The van der Waals surface area contributed by atoms with Crippen LogP contribution in [0.2, 0.25) is 0 Å². The van der Waals surface area contributed by atoms with Crippen LogP contribution in [0.5, 0.6) is 0 Å². The maximum atomic E-state index is 3.78. The van der Waals surface area contributed by atoms with Crippen molar-refractivity contribution in [1.82, 2.24) is 4.98 Å². The van der Waals surface area contributed by atoms with Crippen molar-refractivity contribution >= 4 is 12.4 Å². The highest BCUT2D eigenvalue weighted by Crippen LogP contribution is 1.73. The summed E-state index contributed by atoms with van der Waals surface area (Å²) in [6.07, 6.45) is 5.25. The van der Waals surface area contributed by atoms with E-state index in [-0.39, 0.29) is 12.4 Å². The van der Waals surface area contributed by atoms with E-state index >= 15 is 0 Å². The predicted octanol–water partition coefficient (Wildman–Crippen LogP) is 2.70. The number of aromatic nitrogens is 1. The molecule has 0 amide bonds. The molecule has 0 spiro atoms. The van der Waals surface area contributed by atoms with Gasteiger partial charge in [-0.25, -0.2) is 0 Å². The molecule has 1 rings (SSSR count). The minimum Gasteiger partial charge on any atom is -0.265 e. The molecule has 0 fully saturated rings. The molecule has 1 heterocycles. The zero-order valence-corrected chi connectivity index (χ0v) is 6.84. The maximum Gasteiger partial charge on any atom is 0.0267 e. The average Bonchev–Trinajstić information content (AvgIpc) is 1.93. The topological polar surface area (TPSA) is 12.9 Å². The lowest BCUT2D eigenvalue weighted by atomic mass is 10.5. The molecule has 56 valence electrons. The van der Waals surface area contributed by atoms with Crippen LogP contribution in [-0.4, -0.2) is 4.98 Å². The largest absolute Gasteiger partial charge is 0.265 e. The summed E-state index contributed by atoms with van der Waals surface area (Å²) in [4.78, 5) is 3.78. The van der Waals surface area contributed by atoms with Crippen molar-refractivity contribution in [1.29, 1.82) is 0 Å². The lowest BCUT2D eigenvalue weighted by Gasteiger charge is -1.70. The van der Waals surface area contributed by atoms with E-state index in [0.717, 1.165) is 0 Å². The fourth-order valence-corrected chi connectivity index (χ4v) is 0.313. The standard InChI is InChI=1S/C5H5N.C3H6.ClH/c1-2-4-6-5-3-1;1-3-2;/h1-5H;3H,1H2,2H3;1H. The smallest absolute Gasteiger partial charge is 0.0267 e. The van der Waals surface area contributed by atoms with Crippen molar-refractivity contribution in [2.45, 2.75) is 6.92 Å². The second-order valence-electron chi connectivity index (χ2n) is 1.43. The summed E-state index contributed by atoms with van der Waals surface area (Å²) in [6, 6.07) is 5.72. The first-order chi connectivity index (χ1) is 4.41. The van der Waals surface area contributed by atoms with Gasteiger partial charge in [-0.3, -0.25) is 4.98 Å². The highest BCUT2D eigenvalue weighted by atomic mass is 35.5. The first-order valence-electron chi connectivity index (χ1n) is 2.84. The fraction of sp³-hybridized carbons (Fsp3) is 0.125. The molecule has 0 N–H and O–H groups in total. The summed E-state index contributed by atoms with van der Waals surface area (Å²) in [5.74, 6) is 0. The van der Waals surface area contributed by atoms with Crippen LogP contribution in [0.25, 0.3) is 0 Å². The van der Waals surface area contributed by atoms with Crippen molar-refractivity contribution in [2.75, 3.05) is 0 Å².